The van der Waals surface area contributed by atoms with Gasteiger partial charge >= 0.3 is 6.18 Å². The highest BCUT2D eigenvalue weighted by atomic mass is 19.4. The normalized spacial score (nSPS) is 24.0. The molecule has 0 N–H and O–H groups in total. The minimum atomic E-state index is -4.47. The second-order valence-corrected chi connectivity index (χ2v) is 8.73. The maximum atomic E-state index is 14.0. The molecular weight excluding hydrogens is 411 g/mol. The van der Waals surface area contributed by atoms with Crippen LogP contribution in [0.5, 0.6) is 0 Å². The summed E-state index contributed by atoms with van der Waals surface area (Å²) in [4.78, 5) is 8.55. The van der Waals surface area contributed by atoms with Crippen LogP contribution in [-0.2, 0) is 11.6 Å². The van der Waals surface area contributed by atoms with E-state index in [-0.39, 0.29) is 23.2 Å². The van der Waals surface area contributed by atoms with E-state index in [1.54, 1.807) is 24.4 Å². The van der Waals surface area contributed by atoms with Crippen LogP contribution in [0.4, 0.5) is 36.1 Å². The molecule has 2 aromatic carbocycles. The van der Waals surface area contributed by atoms with Crippen molar-refractivity contribution < 1.29 is 13.2 Å². The summed E-state index contributed by atoms with van der Waals surface area (Å²) in [5, 5.41) is 0. The van der Waals surface area contributed by atoms with Gasteiger partial charge in [0.05, 0.1) is 16.9 Å². The first-order valence-corrected chi connectivity index (χ1v) is 10.7. The number of nitrogens with zero attached hydrogens (tertiary/aromatic N) is 3. The van der Waals surface area contributed by atoms with Gasteiger partial charge in [-0.15, -0.1) is 6.58 Å². The fraction of sp³-hybridized carbons (Fsp3) is 0.269. The van der Waals surface area contributed by atoms with Crippen LogP contribution in [0.15, 0.2) is 79.5 Å². The molecule has 2 aliphatic heterocycles. The molecule has 1 aromatic heterocycles. The summed E-state index contributed by atoms with van der Waals surface area (Å²) in [6.45, 7) is 8.27. The summed E-state index contributed by atoms with van der Waals surface area (Å²) in [6, 6.07) is 17.6. The van der Waals surface area contributed by atoms with Gasteiger partial charge in [-0.3, -0.25) is 0 Å². The number of rotatable bonds is 3. The third kappa shape index (κ3) is 2.78. The SMILES string of the molecule is C=CCC1(C)c2ccccc2N2c3ncccc3N(c3ccccc3C(F)(F)F)C2C1C. The standard InChI is InChI=1S/C26H24F3N3/c1-4-15-25(3)17(2)24-31(21-13-8-6-11-19(21)26(27,28)29)22-14-9-16-30-23(22)32(24)20-12-7-5-10-18(20)25/h4-14,16-17,24H,1,15H2,2-3H3. The lowest BCUT2D eigenvalue weighted by atomic mass is 9.65. The van der Waals surface area contributed by atoms with E-state index in [4.69, 9.17) is 0 Å². The molecule has 5 rings (SSSR count). The summed E-state index contributed by atoms with van der Waals surface area (Å²) in [5.41, 5.74) is 2.02. The fourth-order valence-electron chi connectivity index (χ4n) is 5.38. The van der Waals surface area contributed by atoms with Crippen LogP contribution in [0.25, 0.3) is 0 Å². The summed E-state index contributed by atoms with van der Waals surface area (Å²) >= 11 is 0. The van der Waals surface area contributed by atoms with Gasteiger partial charge < -0.3 is 9.80 Å². The Morgan fingerprint density at radius 1 is 0.969 bits per heavy atom. The van der Waals surface area contributed by atoms with Gasteiger partial charge in [0.1, 0.15) is 6.17 Å². The molecule has 0 radical (unpaired) electrons. The van der Waals surface area contributed by atoms with Gasteiger partial charge in [-0.1, -0.05) is 50.3 Å². The van der Waals surface area contributed by atoms with Gasteiger partial charge in [0.2, 0.25) is 0 Å². The molecule has 0 spiro atoms. The van der Waals surface area contributed by atoms with Crippen molar-refractivity contribution in [2.75, 3.05) is 9.80 Å². The van der Waals surface area contributed by atoms with Gasteiger partial charge in [-0.2, -0.15) is 13.2 Å². The first kappa shape index (κ1) is 20.6. The van der Waals surface area contributed by atoms with Crippen LogP contribution in [0.3, 0.4) is 0 Å². The largest absolute Gasteiger partial charge is 0.418 e. The highest BCUT2D eigenvalue weighted by molar-refractivity contribution is 5.89. The van der Waals surface area contributed by atoms with E-state index in [1.807, 2.05) is 35.2 Å². The number of pyridine rings is 1. The summed E-state index contributed by atoms with van der Waals surface area (Å²) in [5.74, 6) is 0.653. The van der Waals surface area contributed by atoms with E-state index >= 15 is 0 Å². The van der Waals surface area contributed by atoms with E-state index in [1.165, 1.54) is 6.07 Å². The number of hydrogen-bond acceptors (Lipinski definition) is 3. The number of anilines is 4. The minimum absolute atomic E-state index is 0.0223. The summed E-state index contributed by atoms with van der Waals surface area (Å²) in [6.07, 6.45) is -0.513. The third-order valence-corrected chi connectivity index (χ3v) is 7.05. The zero-order valence-corrected chi connectivity index (χ0v) is 18.0. The van der Waals surface area contributed by atoms with Crippen molar-refractivity contribution >= 4 is 22.9 Å². The van der Waals surface area contributed by atoms with Gasteiger partial charge in [0, 0.05) is 23.2 Å². The van der Waals surface area contributed by atoms with Crippen molar-refractivity contribution in [1.82, 2.24) is 4.98 Å². The zero-order chi connectivity index (χ0) is 22.7. The second kappa shape index (κ2) is 7.12. The maximum absolute atomic E-state index is 14.0. The average molecular weight is 435 g/mol. The van der Waals surface area contributed by atoms with Gasteiger partial charge in [-0.25, -0.2) is 4.98 Å². The van der Waals surface area contributed by atoms with E-state index in [2.05, 4.69) is 36.4 Å². The Morgan fingerprint density at radius 3 is 2.34 bits per heavy atom. The van der Waals surface area contributed by atoms with Crippen molar-refractivity contribution in [3.8, 4) is 0 Å². The maximum Gasteiger partial charge on any atom is 0.418 e. The zero-order valence-electron chi connectivity index (χ0n) is 18.0. The predicted molar refractivity (Wildman–Crippen MR) is 122 cm³/mol. The summed E-state index contributed by atoms with van der Waals surface area (Å²) in [7, 11) is 0. The molecule has 0 saturated carbocycles. The quantitative estimate of drug-likeness (QED) is 0.406. The van der Waals surface area contributed by atoms with E-state index in [0.717, 1.165) is 17.3 Å². The number of para-hydroxylation sites is 2. The van der Waals surface area contributed by atoms with E-state index in [9.17, 15) is 13.2 Å². The Morgan fingerprint density at radius 2 is 1.62 bits per heavy atom. The molecule has 0 fully saturated rings. The topological polar surface area (TPSA) is 19.4 Å². The van der Waals surface area contributed by atoms with Crippen LogP contribution in [0, 0.1) is 5.92 Å². The van der Waals surface area contributed by atoms with Crippen molar-refractivity contribution in [2.45, 2.75) is 38.0 Å². The minimum Gasteiger partial charge on any atom is -0.316 e. The Hall–Kier alpha value is -3.28. The lowest BCUT2D eigenvalue weighted by Gasteiger charge is -2.51. The molecule has 3 unspecified atom stereocenters. The Kier molecular flexibility index (Phi) is 4.59. The van der Waals surface area contributed by atoms with E-state index < -0.39 is 11.7 Å². The number of alkyl halides is 3. The average Bonchev–Trinajstić information content (AvgIpc) is 3.12. The highest BCUT2D eigenvalue weighted by Crippen LogP contribution is 2.58. The van der Waals surface area contributed by atoms with Crippen LogP contribution in [-0.4, -0.2) is 11.1 Å². The lowest BCUT2D eigenvalue weighted by molar-refractivity contribution is -0.137. The molecule has 32 heavy (non-hydrogen) atoms. The Bertz CT molecular complexity index is 1190. The number of halogens is 3. The molecule has 0 bridgehead atoms. The molecule has 0 amide bonds. The van der Waals surface area contributed by atoms with Crippen LogP contribution in [0.2, 0.25) is 0 Å². The molecule has 3 atom stereocenters. The van der Waals surface area contributed by atoms with Gasteiger partial charge in [-0.05, 0) is 42.3 Å². The molecular formula is C26H24F3N3. The van der Waals surface area contributed by atoms with Gasteiger partial charge in [0.15, 0.2) is 5.82 Å². The number of aromatic nitrogens is 1. The fourth-order valence-corrected chi connectivity index (χ4v) is 5.38. The summed E-state index contributed by atoms with van der Waals surface area (Å²) < 4.78 is 42.1. The van der Waals surface area contributed by atoms with Crippen molar-refractivity contribution in [2.24, 2.45) is 5.92 Å². The molecule has 164 valence electrons. The Balaban J connectivity index is 1.81. The molecule has 6 heteroatoms. The first-order chi connectivity index (χ1) is 15.3. The predicted octanol–water partition coefficient (Wildman–Crippen LogP) is 7.20. The molecule has 3 aromatic rings. The number of hydrogen-bond donors (Lipinski definition) is 0. The highest BCUT2D eigenvalue weighted by Gasteiger charge is 2.54. The molecule has 0 aliphatic carbocycles. The van der Waals surface area contributed by atoms with Crippen molar-refractivity contribution in [1.29, 1.82) is 0 Å². The van der Waals surface area contributed by atoms with E-state index in [0.29, 0.717) is 17.9 Å². The molecule has 3 heterocycles. The number of fused-ring (bicyclic) bond motifs is 5. The van der Waals surface area contributed by atoms with Gasteiger partial charge in [0.25, 0.3) is 0 Å². The molecule has 2 aliphatic rings. The number of benzene rings is 2. The van der Waals surface area contributed by atoms with Crippen LogP contribution < -0.4 is 9.80 Å². The monoisotopic (exact) mass is 435 g/mol. The molecule has 0 saturated heterocycles. The first-order valence-electron chi connectivity index (χ1n) is 10.7. The number of allylic oxidation sites excluding steroid dienone is 1. The van der Waals surface area contributed by atoms with Crippen molar-refractivity contribution in [3.05, 3.63) is 90.6 Å². The molecule has 3 nitrogen and oxygen atoms in total. The van der Waals surface area contributed by atoms with Crippen LogP contribution in [0.1, 0.15) is 31.4 Å². The van der Waals surface area contributed by atoms with Crippen LogP contribution >= 0.6 is 0 Å². The smallest absolute Gasteiger partial charge is 0.316 e. The third-order valence-electron chi connectivity index (χ3n) is 7.05. The Labute approximate surface area is 185 Å². The second-order valence-electron chi connectivity index (χ2n) is 8.73. The van der Waals surface area contributed by atoms with Crippen molar-refractivity contribution in [3.63, 3.8) is 0 Å². The lowest BCUT2D eigenvalue weighted by Crippen LogP contribution is -2.54.